The van der Waals surface area contributed by atoms with Crippen LogP contribution >= 0.6 is 0 Å². The molecule has 4 rings (SSSR count). The first kappa shape index (κ1) is 13.1. The zero-order valence-corrected chi connectivity index (χ0v) is 12.4. The van der Waals surface area contributed by atoms with E-state index in [2.05, 4.69) is 51.6 Å². The van der Waals surface area contributed by atoms with Gasteiger partial charge in [0.05, 0.1) is 6.20 Å². The predicted octanol–water partition coefficient (Wildman–Crippen LogP) is 3.39. The highest BCUT2D eigenvalue weighted by Crippen LogP contribution is 2.48. The van der Waals surface area contributed by atoms with Gasteiger partial charge in [0, 0.05) is 12.7 Å². The van der Waals surface area contributed by atoms with Gasteiger partial charge in [-0.15, -0.1) is 0 Å². The average molecular weight is 281 g/mol. The zero-order valence-electron chi connectivity index (χ0n) is 12.4. The van der Waals surface area contributed by atoms with Gasteiger partial charge in [-0.1, -0.05) is 30.3 Å². The second-order valence-corrected chi connectivity index (χ2v) is 6.62. The van der Waals surface area contributed by atoms with Crippen molar-refractivity contribution in [2.75, 3.05) is 19.6 Å². The molecule has 1 N–H and O–H groups in total. The lowest BCUT2D eigenvalue weighted by Gasteiger charge is -2.31. The van der Waals surface area contributed by atoms with E-state index in [0.717, 1.165) is 11.8 Å². The van der Waals surface area contributed by atoms with E-state index in [4.69, 9.17) is 0 Å². The van der Waals surface area contributed by atoms with Gasteiger partial charge in [-0.05, 0) is 61.2 Å². The summed E-state index contributed by atoms with van der Waals surface area (Å²) in [6, 6.07) is 11.0. The van der Waals surface area contributed by atoms with Gasteiger partial charge in [-0.2, -0.15) is 5.10 Å². The third-order valence-corrected chi connectivity index (χ3v) is 5.22. The molecule has 2 heterocycles. The molecule has 3 nitrogen and oxygen atoms in total. The number of hydrogen-bond acceptors (Lipinski definition) is 2. The van der Waals surface area contributed by atoms with Crippen LogP contribution in [0.1, 0.15) is 42.2 Å². The van der Waals surface area contributed by atoms with Gasteiger partial charge in [-0.3, -0.25) is 5.10 Å². The highest BCUT2D eigenvalue weighted by molar-refractivity contribution is 5.25. The van der Waals surface area contributed by atoms with E-state index in [0.29, 0.717) is 5.92 Å². The summed E-state index contributed by atoms with van der Waals surface area (Å²) in [5.74, 6) is 2.42. The van der Waals surface area contributed by atoms with Gasteiger partial charge in [0.1, 0.15) is 0 Å². The summed E-state index contributed by atoms with van der Waals surface area (Å²) in [5, 5.41) is 7.02. The van der Waals surface area contributed by atoms with Crippen molar-refractivity contribution in [2.45, 2.75) is 31.1 Å². The number of likely N-dealkylation sites (tertiary alicyclic amines) is 1. The van der Waals surface area contributed by atoms with E-state index in [-0.39, 0.29) is 0 Å². The van der Waals surface area contributed by atoms with Crippen LogP contribution in [0.2, 0.25) is 0 Å². The maximum Gasteiger partial charge on any atom is 0.0522 e. The van der Waals surface area contributed by atoms with E-state index in [1.807, 2.05) is 6.20 Å². The van der Waals surface area contributed by atoms with E-state index in [1.165, 1.54) is 50.0 Å². The van der Waals surface area contributed by atoms with E-state index in [1.54, 1.807) is 0 Å². The minimum Gasteiger partial charge on any atom is -0.303 e. The normalized spacial score (nSPS) is 26.9. The van der Waals surface area contributed by atoms with Gasteiger partial charge in [0.2, 0.25) is 0 Å². The van der Waals surface area contributed by atoms with E-state index < -0.39 is 0 Å². The molecule has 1 aromatic heterocycles. The van der Waals surface area contributed by atoms with Crippen LogP contribution in [0, 0.1) is 5.92 Å². The SMILES string of the molecule is c1ccc([C@@H]2C[C@H]2CN2CCC(c3cn[nH]c3)CC2)cc1. The fourth-order valence-electron chi connectivity index (χ4n) is 3.82. The first-order chi connectivity index (χ1) is 10.4. The first-order valence-electron chi connectivity index (χ1n) is 8.16. The highest BCUT2D eigenvalue weighted by Gasteiger charge is 2.39. The summed E-state index contributed by atoms with van der Waals surface area (Å²) < 4.78 is 0. The summed E-state index contributed by atoms with van der Waals surface area (Å²) in [7, 11) is 0. The predicted molar refractivity (Wildman–Crippen MR) is 84.3 cm³/mol. The van der Waals surface area contributed by atoms with Gasteiger partial charge < -0.3 is 4.90 Å². The molecule has 1 saturated carbocycles. The molecule has 1 saturated heterocycles. The lowest BCUT2D eigenvalue weighted by Crippen LogP contribution is -2.34. The molecule has 0 bridgehead atoms. The number of nitrogens with one attached hydrogen (secondary N) is 1. The van der Waals surface area contributed by atoms with Crippen LogP contribution < -0.4 is 0 Å². The Kier molecular flexibility index (Phi) is 3.52. The second-order valence-electron chi connectivity index (χ2n) is 6.62. The second kappa shape index (κ2) is 5.64. The van der Waals surface area contributed by atoms with Crippen LogP contribution in [-0.4, -0.2) is 34.7 Å². The molecule has 3 heteroatoms. The van der Waals surface area contributed by atoms with Crippen LogP contribution in [0.15, 0.2) is 42.7 Å². The third kappa shape index (κ3) is 2.88. The van der Waals surface area contributed by atoms with Crippen LogP contribution in [0.5, 0.6) is 0 Å². The van der Waals surface area contributed by atoms with Crippen LogP contribution in [0.3, 0.4) is 0 Å². The minimum absolute atomic E-state index is 0.712. The van der Waals surface area contributed by atoms with Crippen molar-refractivity contribution in [3.8, 4) is 0 Å². The molecule has 0 amide bonds. The third-order valence-electron chi connectivity index (χ3n) is 5.22. The Labute approximate surface area is 126 Å². The lowest BCUT2D eigenvalue weighted by atomic mass is 9.91. The van der Waals surface area contributed by atoms with E-state index in [9.17, 15) is 0 Å². The summed E-state index contributed by atoms with van der Waals surface area (Å²) >= 11 is 0. The molecule has 1 aromatic carbocycles. The number of nitrogens with zero attached hydrogens (tertiary/aromatic N) is 2. The van der Waals surface area contributed by atoms with Crippen molar-refractivity contribution < 1.29 is 0 Å². The average Bonchev–Trinajstić information content (AvgIpc) is 3.09. The van der Waals surface area contributed by atoms with Crippen molar-refractivity contribution in [3.05, 3.63) is 53.9 Å². The summed E-state index contributed by atoms with van der Waals surface area (Å²) in [5.41, 5.74) is 2.93. The van der Waals surface area contributed by atoms with Crippen molar-refractivity contribution >= 4 is 0 Å². The molecular formula is C18H23N3. The topological polar surface area (TPSA) is 31.9 Å². The number of hydrogen-bond donors (Lipinski definition) is 1. The maximum atomic E-state index is 4.08. The molecule has 2 atom stereocenters. The van der Waals surface area contributed by atoms with Crippen molar-refractivity contribution in [3.63, 3.8) is 0 Å². The Morgan fingerprint density at radius 1 is 1.10 bits per heavy atom. The largest absolute Gasteiger partial charge is 0.303 e. The molecule has 0 radical (unpaired) electrons. The fourth-order valence-corrected chi connectivity index (χ4v) is 3.82. The fraction of sp³-hybridized carbons (Fsp3) is 0.500. The molecule has 2 aromatic rings. The molecule has 21 heavy (non-hydrogen) atoms. The molecule has 1 aliphatic heterocycles. The van der Waals surface area contributed by atoms with Crippen molar-refractivity contribution in [2.24, 2.45) is 5.92 Å². The standard InChI is InChI=1S/C18H23N3/c1-2-4-15(5-3-1)18-10-16(18)13-21-8-6-14(7-9-21)17-11-19-20-12-17/h1-5,11-12,14,16,18H,6-10,13H2,(H,19,20)/t16-,18-/m0/s1. The molecular weight excluding hydrogens is 258 g/mol. The summed E-state index contributed by atoms with van der Waals surface area (Å²) in [6.07, 6.45) is 8.00. The van der Waals surface area contributed by atoms with E-state index >= 15 is 0 Å². The Morgan fingerprint density at radius 2 is 1.90 bits per heavy atom. The number of aromatic nitrogens is 2. The summed E-state index contributed by atoms with van der Waals surface area (Å²) in [4.78, 5) is 2.67. The Hall–Kier alpha value is -1.61. The van der Waals surface area contributed by atoms with Crippen molar-refractivity contribution in [1.82, 2.24) is 15.1 Å². The summed E-state index contributed by atoms with van der Waals surface area (Å²) in [6.45, 7) is 3.78. The molecule has 110 valence electrons. The van der Waals surface area contributed by atoms with Crippen molar-refractivity contribution in [1.29, 1.82) is 0 Å². The minimum atomic E-state index is 0.712. The smallest absolute Gasteiger partial charge is 0.0522 e. The number of H-pyrrole nitrogens is 1. The Bertz CT molecular complexity index is 555. The Balaban J connectivity index is 1.27. The monoisotopic (exact) mass is 281 g/mol. The lowest BCUT2D eigenvalue weighted by molar-refractivity contribution is 0.203. The zero-order chi connectivity index (χ0) is 14.1. The maximum absolute atomic E-state index is 4.08. The quantitative estimate of drug-likeness (QED) is 0.931. The molecule has 0 spiro atoms. The number of benzene rings is 1. The van der Waals surface area contributed by atoms with Gasteiger partial charge in [-0.25, -0.2) is 0 Å². The van der Waals surface area contributed by atoms with Crippen LogP contribution in [0.4, 0.5) is 0 Å². The first-order valence-corrected chi connectivity index (χ1v) is 8.16. The van der Waals surface area contributed by atoms with Crippen LogP contribution in [-0.2, 0) is 0 Å². The van der Waals surface area contributed by atoms with Gasteiger partial charge in [0.15, 0.2) is 0 Å². The Morgan fingerprint density at radius 3 is 2.62 bits per heavy atom. The van der Waals surface area contributed by atoms with Crippen LogP contribution in [0.25, 0.3) is 0 Å². The van der Waals surface area contributed by atoms with Gasteiger partial charge >= 0.3 is 0 Å². The molecule has 1 aliphatic carbocycles. The van der Waals surface area contributed by atoms with Gasteiger partial charge in [0.25, 0.3) is 0 Å². The molecule has 0 unspecified atom stereocenters. The highest BCUT2D eigenvalue weighted by atomic mass is 15.1. The number of aromatic amines is 1. The molecule has 2 aliphatic rings. The number of rotatable bonds is 4. The number of piperidine rings is 1. The molecule has 2 fully saturated rings.